The molecule has 0 saturated heterocycles. The van der Waals surface area contributed by atoms with E-state index in [2.05, 4.69) is 10.3 Å². The molecule has 0 atom stereocenters. The van der Waals surface area contributed by atoms with Gasteiger partial charge in [-0.2, -0.15) is 0 Å². The molecule has 26 heavy (non-hydrogen) atoms. The summed E-state index contributed by atoms with van der Waals surface area (Å²) in [6.07, 6.45) is 0. The molecule has 3 rings (SSSR count). The summed E-state index contributed by atoms with van der Waals surface area (Å²) in [6, 6.07) is 12.3. The Balaban J connectivity index is 1.55. The first-order valence-electron chi connectivity index (χ1n) is 7.94. The first-order chi connectivity index (χ1) is 12.5. The van der Waals surface area contributed by atoms with Crippen molar-refractivity contribution in [3.63, 3.8) is 0 Å². The lowest BCUT2D eigenvalue weighted by Gasteiger charge is -2.15. The summed E-state index contributed by atoms with van der Waals surface area (Å²) < 4.78 is 26.2. The van der Waals surface area contributed by atoms with Gasteiger partial charge in [-0.25, -0.2) is 13.8 Å². The molecule has 0 aliphatic carbocycles. The number of hydrogen-bond acceptors (Lipinski definition) is 4. The quantitative estimate of drug-likeness (QED) is 0.706. The smallest absolute Gasteiger partial charge is 0.240 e. The molecule has 4 nitrogen and oxygen atoms in total. The van der Waals surface area contributed by atoms with Crippen molar-refractivity contribution in [2.75, 3.05) is 18.9 Å². The number of carbonyl (C=O) groups is 1. The second kappa shape index (κ2) is 8.16. The largest absolute Gasteiger partial charge is 0.301 e. The van der Waals surface area contributed by atoms with Crippen LogP contribution in [0.2, 0.25) is 0 Å². The van der Waals surface area contributed by atoms with Crippen molar-refractivity contribution in [1.82, 2.24) is 9.88 Å². The summed E-state index contributed by atoms with van der Waals surface area (Å²) in [5, 5.41) is 5.04. The van der Waals surface area contributed by atoms with Gasteiger partial charge in [0.15, 0.2) is 5.13 Å². The molecule has 0 spiro atoms. The molecule has 1 amide bonds. The Bertz CT molecular complexity index is 896. The Morgan fingerprint density at radius 2 is 1.92 bits per heavy atom. The van der Waals surface area contributed by atoms with Crippen molar-refractivity contribution in [2.24, 2.45) is 0 Å². The third kappa shape index (κ3) is 4.93. The number of aromatic nitrogens is 1. The highest BCUT2D eigenvalue weighted by atomic mass is 32.1. The van der Waals surface area contributed by atoms with Crippen molar-refractivity contribution in [3.05, 3.63) is 71.1 Å². The van der Waals surface area contributed by atoms with E-state index in [0.717, 1.165) is 11.1 Å². The predicted octanol–water partition coefficient (Wildman–Crippen LogP) is 4.16. The van der Waals surface area contributed by atoms with Crippen LogP contribution in [-0.2, 0) is 11.3 Å². The highest BCUT2D eigenvalue weighted by molar-refractivity contribution is 7.14. The Hall–Kier alpha value is -2.64. The van der Waals surface area contributed by atoms with Crippen molar-refractivity contribution in [3.8, 4) is 11.3 Å². The molecule has 7 heteroatoms. The number of likely N-dealkylation sites (N-methyl/N-ethyl adjacent to an activating group) is 1. The lowest BCUT2D eigenvalue weighted by Crippen LogP contribution is -2.29. The molecule has 0 radical (unpaired) electrons. The number of carbonyl (C=O) groups excluding carboxylic acids is 1. The van der Waals surface area contributed by atoms with E-state index in [1.165, 1.54) is 35.6 Å². The molecule has 1 N–H and O–H groups in total. The maximum Gasteiger partial charge on any atom is 0.240 e. The lowest BCUT2D eigenvalue weighted by molar-refractivity contribution is -0.117. The van der Waals surface area contributed by atoms with E-state index in [0.29, 0.717) is 17.4 Å². The molecular formula is C19H17F2N3OS. The fourth-order valence-electron chi connectivity index (χ4n) is 2.49. The zero-order valence-corrected chi connectivity index (χ0v) is 14.9. The van der Waals surface area contributed by atoms with Gasteiger partial charge < -0.3 is 5.32 Å². The number of rotatable bonds is 6. The van der Waals surface area contributed by atoms with E-state index in [4.69, 9.17) is 0 Å². The first-order valence-corrected chi connectivity index (χ1v) is 8.82. The van der Waals surface area contributed by atoms with E-state index >= 15 is 0 Å². The van der Waals surface area contributed by atoms with Crippen molar-refractivity contribution >= 4 is 22.4 Å². The van der Waals surface area contributed by atoms with Crippen LogP contribution in [0.25, 0.3) is 11.3 Å². The van der Waals surface area contributed by atoms with Crippen molar-refractivity contribution < 1.29 is 13.6 Å². The average molecular weight is 373 g/mol. The minimum Gasteiger partial charge on any atom is -0.301 e. The Labute approximate surface area is 154 Å². The number of thiazole rings is 1. The summed E-state index contributed by atoms with van der Waals surface area (Å²) in [5.74, 6) is -0.806. The molecule has 0 saturated carbocycles. The molecule has 3 aromatic rings. The van der Waals surface area contributed by atoms with Gasteiger partial charge in [-0.1, -0.05) is 12.1 Å². The minimum absolute atomic E-state index is 0.155. The van der Waals surface area contributed by atoms with Crippen LogP contribution < -0.4 is 5.32 Å². The fraction of sp³-hybridized carbons (Fsp3) is 0.158. The van der Waals surface area contributed by atoms with Crippen LogP contribution >= 0.6 is 11.3 Å². The summed E-state index contributed by atoms with van der Waals surface area (Å²) in [5.41, 5.74) is 2.26. The Morgan fingerprint density at radius 3 is 2.65 bits per heavy atom. The number of amides is 1. The van der Waals surface area contributed by atoms with Crippen molar-refractivity contribution in [2.45, 2.75) is 6.54 Å². The second-order valence-electron chi connectivity index (χ2n) is 5.90. The van der Waals surface area contributed by atoms with Crippen molar-refractivity contribution in [1.29, 1.82) is 0 Å². The molecule has 0 aliphatic heterocycles. The van der Waals surface area contributed by atoms with Gasteiger partial charge in [0.05, 0.1) is 12.2 Å². The molecular weight excluding hydrogens is 356 g/mol. The number of hydrogen-bond donors (Lipinski definition) is 1. The van der Waals surface area contributed by atoms with Crippen LogP contribution in [-0.4, -0.2) is 29.4 Å². The lowest BCUT2D eigenvalue weighted by atomic mass is 10.2. The highest BCUT2D eigenvalue weighted by Crippen LogP contribution is 2.25. The van der Waals surface area contributed by atoms with Gasteiger partial charge in [-0.3, -0.25) is 9.69 Å². The minimum atomic E-state index is -0.307. The first kappa shape index (κ1) is 18.2. The molecule has 2 aromatic carbocycles. The molecule has 0 fully saturated rings. The topological polar surface area (TPSA) is 45.2 Å². The van der Waals surface area contributed by atoms with Crippen LogP contribution in [0.4, 0.5) is 13.9 Å². The Kier molecular flexibility index (Phi) is 5.70. The maximum atomic E-state index is 13.2. The third-order valence-electron chi connectivity index (χ3n) is 3.65. The zero-order valence-electron chi connectivity index (χ0n) is 14.1. The summed E-state index contributed by atoms with van der Waals surface area (Å²) in [6.45, 7) is 0.617. The number of nitrogens with zero attached hydrogens (tertiary/aromatic N) is 2. The zero-order chi connectivity index (χ0) is 18.5. The van der Waals surface area contributed by atoms with Gasteiger partial charge in [0.1, 0.15) is 11.6 Å². The summed E-state index contributed by atoms with van der Waals surface area (Å²) in [4.78, 5) is 18.3. The van der Waals surface area contributed by atoms with Crippen LogP contribution in [0.3, 0.4) is 0 Å². The molecule has 134 valence electrons. The van der Waals surface area contributed by atoms with Gasteiger partial charge in [0.25, 0.3) is 0 Å². The average Bonchev–Trinajstić information content (AvgIpc) is 3.03. The fourth-order valence-corrected chi connectivity index (χ4v) is 3.23. The highest BCUT2D eigenvalue weighted by Gasteiger charge is 2.11. The second-order valence-corrected chi connectivity index (χ2v) is 6.75. The van der Waals surface area contributed by atoms with Gasteiger partial charge in [0.2, 0.25) is 5.91 Å². The SMILES string of the molecule is CN(CC(=O)Nc1nc(-c2ccc(F)cc2)cs1)Cc1cccc(F)c1. The van der Waals surface area contributed by atoms with Gasteiger partial charge >= 0.3 is 0 Å². The van der Waals surface area contributed by atoms with Gasteiger partial charge in [-0.15, -0.1) is 11.3 Å². The van der Waals surface area contributed by atoms with E-state index in [-0.39, 0.29) is 24.1 Å². The van der Waals surface area contributed by atoms with Crippen LogP contribution in [0.5, 0.6) is 0 Å². The standard InChI is InChI=1S/C19H17F2N3OS/c1-24(10-13-3-2-4-16(21)9-13)11-18(25)23-19-22-17(12-26-19)14-5-7-15(20)8-6-14/h2-9,12H,10-11H2,1H3,(H,22,23,25). The number of halogens is 2. The maximum absolute atomic E-state index is 13.2. The van der Waals surface area contributed by atoms with Crippen LogP contribution in [0, 0.1) is 11.6 Å². The molecule has 0 aliphatic rings. The van der Waals surface area contributed by atoms with Crippen LogP contribution in [0.1, 0.15) is 5.56 Å². The molecule has 0 bridgehead atoms. The monoisotopic (exact) mass is 373 g/mol. The Morgan fingerprint density at radius 1 is 1.15 bits per heavy atom. The normalized spacial score (nSPS) is 10.9. The summed E-state index contributed by atoms with van der Waals surface area (Å²) in [7, 11) is 1.79. The molecule has 1 heterocycles. The number of nitrogens with one attached hydrogen (secondary N) is 1. The number of benzene rings is 2. The molecule has 1 aromatic heterocycles. The predicted molar refractivity (Wildman–Crippen MR) is 98.9 cm³/mol. The van der Waals surface area contributed by atoms with Gasteiger partial charge in [0, 0.05) is 17.5 Å². The summed E-state index contributed by atoms with van der Waals surface area (Å²) >= 11 is 1.31. The van der Waals surface area contributed by atoms with E-state index in [9.17, 15) is 13.6 Å². The van der Waals surface area contributed by atoms with E-state index < -0.39 is 0 Å². The van der Waals surface area contributed by atoms with Gasteiger partial charge in [-0.05, 0) is 49.0 Å². The third-order valence-corrected chi connectivity index (χ3v) is 4.40. The van der Waals surface area contributed by atoms with E-state index in [1.54, 1.807) is 35.5 Å². The van der Waals surface area contributed by atoms with E-state index in [1.807, 2.05) is 6.07 Å². The number of anilines is 1. The molecule has 0 unspecified atom stereocenters. The van der Waals surface area contributed by atoms with Crippen LogP contribution in [0.15, 0.2) is 53.9 Å².